The third-order valence-electron chi connectivity index (χ3n) is 7.31. The summed E-state index contributed by atoms with van der Waals surface area (Å²) in [6.45, 7) is 0.541. The smallest absolute Gasteiger partial charge is 0.239 e. The predicted molar refractivity (Wildman–Crippen MR) is 140 cm³/mol. The van der Waals surface area contributed by atoms with Gasteiger partial charge >= 0.3 is 0 Å². The Morgan fingerprint density at radius 3 is 2.19 bits per heavy atom. The molecule has 3 aromatic rings. The molecular weight excluding hydrogens is 580 g/mol. The van der Waals surface area contributed by atoms with Gasteiger partial charge in [0, 0.05) is 17.7 Å². The first-order valence-corrected chi connectivity index (χ1v) is 13.0. The van der Waals surface area contributed by atoms with Crippen LogP contribution in [-0.2, 0) is 14.2 Å². The lowest BCUT2D eigenvalue weighted by atomic mass is 9.97. The molecule has 16 nitrogen and oxygen atoms in total. The molecule has 0 unspecified atom stereocenters. The first kappa shape index (κ1) is 30.7. The highest BCUT2D eigenvalue weighted by Gasteiger charge is 2.51. The van der Waals surface area contributed by atoms with Gasteiger partial charge in [-0.2, -0.15) is 0 Å². The number of hydrogen-bond acceptors (Lipinski definition) is 16. The fourth-order valence-corrected chi connectivity index (χ4v) is 4.92. The van der Waals surface area contributed by atoms with Crippen molar-refractivity contribution in [2.45, 2.75) is 68.3 Å². The van der Waals surface area contributed by atoms with Gasteiger partial charge in [-0.25, -0.2) is 0 Å². The number of hydrogen-bond donors (Lipinski definition) is 10. The van der Waals surface area contributed by atoms with Crippen LogP contribution >= 0.6 is 0 Å². The molecule has 2 fully saturated rings. The highest BCUT2D eigenvalue weighted by atomic mass is 16.8. The Labute approximate surface area is 241 Å². The third kappa shape index (κ3) is 5.55. The molecule has 0 radical (unpaired) electrons. The van der Waals surface area contributed by atoms with Gasteiger partial charge < -0.3 is 74.4 Å². The van der Waals surface area contributed by atoms with Gasteiger partial charge in [0.2, 0.25) is 17.5 Å². The normalized spacial score (nSPS) is 33.0. The van der Waals surface area contributed by atoms with Gasteiger partial charge in [0.15, 0.2) is 29.7 Å². The van der Waals surface area contributed by atoms with E-state index in [0.29, 0.717) is 0 Å². The number of phenols is 4. The van der Waals surface area contributed by atoms with Crippen LogP contribution in [0.2, 0.25) is 0 Å². The van der Waals surface area contributed by atoms with E-state index in [2.05, 4.69) is 0 Å². The lowest BCUT2D eigenvalue weighted by molar-refractivity contribution is -0.354. The minimum atomic E-state index is -1.91. The molecule has 234 valence electrons. The second-order valence-corrected chi connectivity index (χ2v) is 10.2. The average molecular weight is 611 g/mol. The number of phenolic OH excluding ortho intramolecular Hbond substituents is 4. The molecule has 5 rings (SSSR count). The van der Waals surface area contributed by atoms with E-state index in [1.807, 2.05) is 0 Å². The summed E-state index contributed by atoms with van der Waals surface area (Å²) in [7, 11) is 0. The highest BCUT2D eigenvalue weighted by molar-refractivity contribution is 5.88. The molecule has 0 aliphatic carbocycles. The molecule has 2 aliphatic rings. The first-order chi connectivity index (χ1) is 20.3. The van der Waals surface area contributed by atoms with Crippen LogP contribution in [0.5, 0.6) is 28.7 Å². The van der Waals surface area contributed by atoms with Gasteiger partial charge in [-0.1, -0.05) is 0 Å². The summed E-state index contributed by atoms with van der Waals surface area (Å²) >= 11 is 0. The lowest BCUT2D eigenvalue weighted by Crippen LogP contribution is -2.64. The Hall–Kier alpha value is -3.71. The monoisotopic (exact) mass is 610 g/mol. The minimum Gasteiger partial charge on any atom is -0.508 e. The summed E-state index contributed by atoms with van der Waals surface area (Å²) in [5.41, 5.74) is -1.39. The Bertz CT molecular complexity index is 1540. The Morgan fingerprint density at radius 1 is 0.791 bits per heavy atom. The minimum absolute atomic E-state index is 0.0447. The molecule has 0 spiro atoms. The maximum atomic E-state index is 13.7. The van der Waals surface area contributed by atoms with Crippen molar-refractivity contribution in [2.24, 2.45) is 0 Å². The topological polar surface area (TPSA) is 269 Å². The molecule has 3 heterocycles. The third-order valence-corrected chi connectivity index (χ3v) is 7.31. The number of ether oxygens (including phenoxy) is 4. The molecule has 2 aliphatic heterocycles. The standard InChI is InChI=1S/C27H30O16/c1-8-17(33)20(36)22(38)26(39-8)43-25-21(37)18(34)15(7-28)41-27(25)42-24-19(35)16-13(32)5-10(29)6-14(16)40-23(24)9-2-3-11(30)12(31)4-9/h2-6,8,15,17-18,20-22,25-34,36-38H,7H2,1H3/t8-,15-,17+,18-,20+,21+,22+,25-,26+,27+/m1/s1. The maximum Gasteiger partial charge on any atom is 0.239 e. The molecule has 0 amide bonds. The molecule has 0 bridgehead atoms. The fourth-order valence-electron chi connectivity index (χ4n) is 4.92. The predicted octanol–water partition coefficient (Wildman–Crippen LogP) is -1.69. The molecule has 2 saturated heterocycles. The zero-order valence-electron chi connectivity index (χ0n) is 22.3. The number of benzene rings is 2. The molecule has 10 N–H and O–H groups in total. The molecule has 10 atom stereocenters. The summed E-state index contributed by atoms with van der Waals surface area (Å²) in [6.07, 6.45) is -16.7. The van der Waals surface area contributed by atoms with Gasteiger partial charge in [-0.05, 0) is 25.1 Å². The summed E-state index contributed by atoms with van der Waals surface area (Å²) in [5.74, 6) is -3.40. The second kappa shape index (κ2) is 11.8. The SMILES string of the molecule is C[C@H]1O[C@@H](O[C@H]2[C@H](Oc3c(-c4ccc(O)c(O)c4)oc4cc(O)cc(O)c4c3=O)O[C@H](CO)[C@@H](O)[C@@H]2O)[C@@H](O)[C@@H](O)[C@H]1O. The van der Waals surface area contributed by atoms with Gasteiger partial charge in [-0.3, -0.25) is 4.79 Å². The fraction of sp³-hybridized carbons (Fsp3) is 0.444. The zero-order chi connectivity index (χ0) is 31.3. The van der Waals surface area contributed by atoms with E-state index >= 15 is 0 Å². The van der Waals surface area contributed by atoms with Crippen LogP contribution in [0.15, 0.2) is 39.5 Å². The van der Waals surface area contributed by atoms with E-state index in [4.69, 9.17) is 23.4 Å². The van der Waals surface area contributed by atoms with Crippen molar-refractivity contribution in [3.05, 3.63) is 40.6 Å². The van der Waals surface area contributed by atoms with Crippen molar-refractivity contribution in [2.75, 3.05) is 6.61 Å². The summed E-state index contributed by atoms with van der Waals surface area (Å²) in [6, 6.07) is 5.21. The molecule has 0 saturated carbocycles. The van der Waals surface area contributed by atoms with E-state index in [1.165, 1.54) is 13.0 Å². The Morgan fingerprint density at radius 2 is 1.51 bits per heavy atom. The highest BCUT2D eigenvalue weighted by Crippen LogP contribution is 2.40. The van der Waals surface area contributed by atoms with Crippen LogP contribution in [0.4, 0.5) is 0 Å². The van der Waals surface area contributed by atoms with Crippen molar-refractivity contribution < 1.29 is 74.4 Å². The summed E-state index contributed by atoms with van der Waals surface area (Å²) in [5, 5.41) is 102. The molecule has 1 aromatic heterocycles. The van der Waals surface area contributed by atoms with E-state index in [9.17, 15) is 55.9 Å². The molecule has 43 heavy (non-hydrogen) atoms. The van der Waals surface area contributed by atoms with Gasteiger partial charge in [0.05, 0.1) is 12.7 Å². The Kier molecular flexibility index (Phi) is 8.41. The van der Waals surface area contributed by atoms with Crippen molar-refractivity contribution in [3.8, 4) is 40.1 Å². The number of rotatable bonds is 6. The van der Waals surface area contributed by atoms with Gasteiger partial charge in [0.1, 0.15) is 59.1 Å². The van der Waals surface area contributed by atoms with Crippen molar-refractivity contribution in [1.29, 1.82) is 0 Å². The van der Waals surface area contributed by atoms with E-state index in [1.54, 1.807) is 0 Å². The molecule has 2 aromatic carbocycles. The second-order valence-electron chi connectivity index (χ2n) is 10.2. The van der Waals surface area contributed by atoms with E-state index in [-0.39, 0.29) is 11.1 Å². The van der Waals surface area contributed by atoms with Crippen molar-refractivity contribution in [1.82, 2.24) is 0 Å². The number of aliphatic hydroxyl groups is 6. The summed E-state index contributed by atoms with van der Waals surface area (Å²) < 4.78 is 28.3. The maximum absolute atomic E-state index is 13.7. The average Bonchev–Trinajstić information content (AvgIpc) is 2.96. The Balaban J connectivity index is 1.62. The lowest BCUT2D eigenvalue weighted by Gasteiger charge is -2.45. The van der Waals surface area contributed by atoms with Crippen LogP contribution in [0.25, 0.3) is 22.3 Å². The quantitative estimate of drug-likeness (QED) is 0.140. The number of aliphatic hydroxyl groups excluding tert-OH is 6. The largest absolute Gasteiger partial charge is 0.508 e. The zero-order valence-corrected chi connectivity index (χ0v) is 22.3. The van der Waals surface area contributed by atoms with Crippen LogP contribution in [0.3, 0.4) is 0 Å². The van der Waals surface area contributed by atoms with Gasteiger partial charge in [-0.15, -0.1) is 0 Å². The van der Waals surface area contributed by atoms with Gasteiger partial charge in [0.25, 0.3) is 0 Å². The molecule has 16 heteroatoms. The first-order valence-electron chi connectivity index (χ1n) is 13.0. The van der Waals surface area contributed by atoms with E-state index in [0.717, 1.165) is 24.3 Å². The van der Waals surface area contributed by atoms with Crippen molar-refractivity contribution in [3.63, 3.8) is 0 Å². The van der Waals surface area contributed by atoms with Crippen molar-refractivity contribution >= 4 is 11.0 Å². The number of fused-ring (bicyclic) bond motifs is 1. The van der Waals surface area contributed by atoms with Crippen LogP contribution in [-0.4, -0.2) is 119 Å². The number of aromatic hydroxyl groups is 4. The van der Waals surface area contributed by atoms with E-state index < -0.39 is 113 Å². The summed E-state index contributed by atoms with van der Waals surface area (Å²) in [4.78, 5) is 13.7. The molecular formula is C27H30O16. The van der Waals surface area contributed by atoms with Crippen LogP contribution in [0, 0.1) is 0 Å². The van der Waals surface area contributed by atoms with Crippen LogP contribution in [0.1, 0.15) is 6.92 Å². The van der Waals surface area contributed by atoms with Crippen LogP contribution < -0.4 is 10.2 Å².